The van der Waals surface area contributed by atoms with E-state index < -0.39 is 5.97 Å². The zero-order chi connectivity index (χ0) is 14.3. The molecule has 0 bridgehead atoms. The molecule has 1 atom stereocenters. The number of rotatable bonds is 6. The Balaban J connectivity index is 2.38. The van der Waals surface area contributed by atoms with E-state index in [-0.39, 0.29) is 24.1 Å². The van der Waals surface area contributed by atoms with E-state index in [9.17, 15) is 14.0 Å². The number of carboxylic acids is 1. The highest BCUT2D eigenvalue weighted by Crippen LogP contribution is 2.04. The lowest BCUT2D eigenvalue weighted by Gasteiger charge is -2.08. The summed E-state index contributed by atoms with van der Waals surface area (Å²) in [5.74, 6) is -1.64. The Labute approximate surface area is 110 Å². The maximum atomic E-state index is 12.6. The van der Waals surface area contributed by atoms with Crippen molar-refractivity contribution in [1.82, 2.24) is 5.32 Å². The monoisotopic (exact) mass is 265 g/mol. The molecule has 0 aliphatic rings. The van der Waals surface area contributed by atoms with Gasteiger partial charge in [0.05, 0.1) is 0 Å². The summed E-state index contributed by atoms with van der Waals surface area (Å²) >= 11 is 0. The number of carboxylic acid groups (broad SMARTS) is 1. The fraction of sp³-hybridized carbons (Fsp3) is 0.286. The molecule has 0 spiro atoms. The molecule has 1 aromatic carbocycles. The first-order chi connectivity index (χ1) is 8.97. The highest BCUT2D eigenvalue weighted by atomic mass is 19.1. The van der Waals surface area contributed by atoms with Crippen LogP contribution in [0.25, 0.3) is 6.08 Å². The van der Waals surface area contributed by atoms with Crippen molar-refractivity contribution < 1.29 is 19.1 Å². The predicted molar refractivity (Wildman–Crippen MR) is 69.9 cm³/mol. The smallest absolute Gasteiger partial charge is 0.303 e. The average Bonchev–Trinajstić information content (AvgIpc) is 2.35. The Morgan fingerprint density at radius 1 is 1.37 bits per heavy atom. The van der Waals surface area contributed by atoms with Crippen LogP contribution in [-0.2, 0) is 9.59 Å². The van der Waals surface area contributed by atoms with E-state index in [0.29, 0.717) is 6.54 Å². The molecular weight excluding hydrogens is 249 g/mol. The van der Waals surface area contributed by atoms with E-state index in [1.54, 1.807) is 25.1 Å². The average molecular weight is 265 g/mol. The summed E-state index contributed by atoms with van der Waals surface area (Å²) in [5.41, 5.74) is 0.718. The van der Waals surface area contributed by atoms with Gasteiger partial charge in [0.1, 0.15) is 5.82 Å². The van der Waals surface area contributed by atoms with Crippen LogP contribution >= 0.6 is 0 Å². The number of halogens is 1. The summed E-state index contributed by atoms with van der Waals surface area (Å²) in [5, 5.41) is 11.2. The first kappa shape index (κ1) is 14.9. The molecule has 0 fully saturated rings. The largest absolute Gasteiger partial charge is 0.481 e. The summed E-state index contributed by atoms with van der Waals surface area (Å²) in [6, 6.07) is 5.75. The van der Waals surface area contributed by atoms with Crippen LogP contribution in [0.5, 0.6) is 0 Å². The topological polar surface area (TPSA) is 66.4 Å². The van der Waals surface area contributed by atoms with Crippen molar-refractivity contribution in [1.29, 1.82) is 0 Å². The molecule has 0 aliphatic heterocycles. The minimum atomic E-state index is -0.886. The molecule has 1 unspecified atom stereocenters. The summed E-state index contributed by atoms with van der Waals surface area (Å²) < 4.78 is 12.6. The second kappa shape index (κ2) is 7.31. The van der Waals surface area contributed by atoms with Gasteiger partial charge in [0, 0.05) is 19.0 Å². The summed E-state index contributed by atoms with van der Waals surface area (Å²) in [6.45, 7) is 2.05. The number of carbonyl (C=O) groups is 2. The number of aliphatic carboxylic acids is 1. The first-order valence-corrected chi connectivity index (χ1v) is 5.90. The SMILES string of the molecule is CC(CNC(=O)/C=C/c1ccc(F)cc1)CC(=O)O. The first-order valence-electron chi connectivity index (χ1n) is 5.90. The van der Waals surface area contributed by atoms with Gasteiger partial charge in [0.15, 0.2) is 0 Å². The lowest BCUT2D eigenvalue weighted by atomic mass is 10.1. The molecule has 0 aliphatic carbocycles. The molecule has 2 N–H and O–H groups in total. The highest BCUT2D eigenvalue weighted by molar-refractivity contribution is 5.91. The molecule has 1 amide bonds. The van der Waals surface area contributed by atoms with Crippen molar-refractivity contribution in [2.24, 2.45) is 5.92 Å². The van der Waals surface area contributed by atoms with E-state index in [2.05, 4.69) is 5.32 Å². The Morgan fingerprint density at radius 2 is 2.00 bits per heavy atom. The fourth-order valence-corrected chi connectivity index (χ4v) is 1.45. The zero-order valence-electron chi connectivity index (χ0n) is 10.6. The van der Waals surface area contributed by atoms with Gasteiger partial charge in [0.2, 0.25) is 5.91 Å². The van der Waals surface area contributed by atoms with Crippen LogP contribution in [0.15, 0.2) is 30.3 Å². The Kier molecular flexibility index (Phi) is 5.73. The molecule has 0 aromatic heterocycles. The maximum absolute atomic E-state index is 12.6. The minimum absolute atomic E-state index is 0.0158. The third kappa shape index (κ3) is 6.35. The van der Waals surface area contributed by atoms with Crippen molar-refractivity contribution in [2.75, 3.05) is 6.54 Å². The number of nitrogens with one attached hydrogen (secondary N) is 1. The molecule has 1 aromatic rings. The quantitative estimate of drug-likeness (QED) is 0.774. The van der Waals surface area contributed by atoms with Gasteiger partial charge in [-0.2, -0.15) is 0 Å². The normalized spacial score (nSPS) is 12.3. The fourth-order valence-electron chi connectivity index (χ4n) is 1.45. The van der Waals surface area contributed by atoms with Crippen LogP contribution in [0.3, 0.4) is 0 Å². The second-order valence-electron chi connectivity index (χ2n) is 4.33. The number of carbonyl (C=O) groups excluding carboxylic acids is 1. The second-order valence-corrected chi connectivity index (χ2v) is 4.33. The Morgan fingerprint density at radius 3 is 2.58 bits per heavy atom. The van der Waals surface area contributed by atoms with Gasteiger partial charge in [-0.05, 0) is 29.7 Å². The van der Waals surface area contributed by atoms with Crippen molar-refractivity contribution in [3.8, 4) is 0 Å². The Bertz CT molecular complexity index is 468. The van der Waals surface area contributed by atoms with Gasteiger partial charge in [-0.25, -0.2) is 4.39 Å². The van der Waals surface area contributed by atoms with Crippen molar-refractivity contribution in [3.63, 3.8) is 0 Å². The molecule has 0 saturated carbocycles. The molecule has 0 heterocycles. The molecule has 5 heteroatoms. The number of hydrogen-bond donors (Lipinski definition) is 2. The van der Waals surface area contributed by atoms with Crippen LogP contribution in [0.1, 0.15) is 18.9 Å². The van der Waals surface area contributed by atoms with E-state index in [0.717, 1.165) is 5.56 Å². The van der Waals surface area contributed by atoms with E-state index in [1.165, 1.54) is 18.2 Å². The molecule has 0 radical (unpaired) electrons. The van der Waals surface area contributed by atoms with Crippen LogP contribution in [0.2, 0.25) is 0 Å². The van der Waals surface area contributed by atoms with Gasteiger partial charge in [0.25, 0.3) is 0 Å². The summed E-state index contributed by atoms with van der Waals surface area (Å²) in [6.07, 6.45) is 2.92. The molecule has 102 valence electrons. The van der Waals surface area contributed by atoms with E-state index in [1.807, 2.05) is 0 Å². The van der Waals surface area contributed by atoms with Gasteiger partial charge >= 0.3 is 5.97 Å². The third-order valence-electron chi connectivity index (χ3n) is 2.45. The third-order valence-corrected chi connectivity index (χ3v) is 2.45. The van der Waals surface area contributed by atoms with E-state index in [4.69, 9.17) is 5.11 Å². The van der Waals surface area contributed by atoms with Gasteiger partial charge < -0.3 is 10.4 Å². The van der Waals surface area contributed by atoms with Gasteiger partial charge in [-0.3, -0.25) is 9.59 Å². The number of benzene rings is 1. The summed E-state index contributed by atoms with van der Waals surface area (Å²) in [4.78, 5) is 21.9. The lowest BCUT2D eigenvalue weighted by Crippen LogP contribution is -2.27. The molecule has 19 heavy (non-hydrogen) atoms. The zero-order valence-corrected chi connectivity index (χ0v) is 10.6. The number of amides is 1. The van der Waals surface area contributed by atoms with Gasteiger partial charge in [-0.1, -0.05) is 19.1 Å². The highest BCUT2D eigenvalue weighted by Gasteiger charge is 2.07. The Hall–Kier alpha value is -2.17. The van der Waals surface area contributed by atoms with E-state index >= 15 is 0 Å². The molecule has 4 nitrogen and oxygen atoms in total. The van der Waals surface area contributed by atoms with Crippen molar-refractivity contribution in [2.45, 2.75) is 13.3 Å². The minimum Gasteiger partial charge on any atom is -0.481 e. The lowest BCUT2D eigenvalue weighted by molar-refractivity contribution is -0.138. The van der Waals surface area contributed by atoms with Crippen molar-refractivity contribution in [3.05, 3.63) is 41.7 Å². The predicted octanol–water partition coefficient (Wildman–Crippen LogP) is 2.07. The molecule has 0 saturated heterocycles. The molecular formula is C14H16FNO3. The van der Waals surface area contributed by atoms with Crippen LogP contribution in [0, 0.1) is 11.7 Å². The van der Waals surface area contributed by atoms with Gasteiger partial charge in [-0.15, -0.1) is 0 Å². The van der Waals surface area contributed by atoms with Crippen LogP contribution in [-0.4, -0.2) is 23.5 Å². The maximum Gasteiger partial charge on any atom is 0.303 e. The molecule has 1 rings (SSSR count). The summed E-state index contributed by atoms with van der Waals surface area (Å²) in [7, 11) is 0. The number of hydrogen-bond acceptors (Lipinski definition) is 2. The standard InChI is InChI=1S/C14H16FNO3/c1-10(8-14(18)19)9-16-13(17)7-4-11-2-5-12(15)6-3-11/h2-7,10H,8-9H2,1H3,(H,16,17)(H,18,19)/b7-4+. The van der Waals surface area contributed by atoms with Crippen LogP contribution in [0.4, 0.5) is 4.39 Å². The van der Waals surface area contributed by atoms with Crippen molar-refractivity contribution >= 4 is 18.0 Å². The van der Waals surface area contributed by atoms with Crippen LogP contribution < -0.4 is 5.32 Å².